The van der Waals surface area contributed by atoms with Gasteiger partial charge in [0.1, 0.15) is 48.3 Å². The fourth-order valence-electron chi connectivity index (χ4n) is 6.93. The number of aliphatic hydroxyl groups is 1. The summed E-state index contributed by atoms with van der Waals surface area (Å²) in [5, 5.41) is 74.6. The second-order valence-electron chi connectivity index (χ2n) is 18.2. The van der Waals surface area contributed by atoms with Crippen molar-refractivity contribution in [2.75, 3.05) is 13.2 Å². The van der Waals surface area contributed by atoms with Gasteiger partial charge < -0.3 is 90.4 Å². The summed E-state index contributed by atoms with van der Waals surface area (Å²) in [5.74, 6) is -18.3. The highest BCUT2D eigenvalue weighted by Crippen LogP contribution is 2.14. The van der Waals surface area contributed by atoms with Crippen LogP contribution in [0.15, 0.2) is 0 Å². The van der Waals surface area contributed by atoms with E-state index in [2.05, 4.69) is 37.2 Å². The van der Waals surface area contributed by atoms with Gasteiger partial charge in [-0.15, -0.1) is 0 Å². The summed E-state index contributed by atoms with van der Waals surface area (Å²) in [5.41, 5.74) is 16.7. The maximum Gasteiger partial charge on any atom is 0.326 e. The number of carboxylic acid groups (broad SMARTS) is 5. The lowest BCUT2D eigenvalue weighted by Crippen LogP contribution is -2.62. The van der Waals surface area contributed by atoms with E-state index in [0.29, 0.717) is 6.42 Å². The molecule has 0 aromatic heterocycles. The third-order valence-corrected chi connectivity index (χ3v) is 11.4. The van der Waals surface area contributed by atoms with Crippen LogP contribution in [0.5, 0.6) is 0 Å². The molecule has 0 aromatic carbocycles. The lowest BCUT2D eigenvalue weighted by Gasteiger charge is -2.30. The number of carboxylic acids is 5. The Morgan fingerprint density at radius 1 is 0.447 bits per heavy atom. The molecule has 0 aliphatic carbocycles. The third kappa shape index (κ3) is 27.7. The number of nitrogens with two attached hydrogens (primary N) is 3. The molecule has 9 amide bonds. The molecule has 0 unspecified atom stereocenters. The molecular weight excluding hydrogens is 1010 g/mol. The molecule has 430 valence electrons. The first-order chi connectivity index (χ1) is 35.5. The van der Waals surface area contributed by atoms with Gasteiger partial charge in [-0.1, -0.05) is 34.1 Å². The van der Waals surface area contributed by atoms with Crippen LogP contribution >= 0.6 is 0 Å². The normalized spacial score (nSPS) is 14.9. The molecule has 10 atom stereocenters. The monoisotopic (exact) mass is 1090 g/mol. The first-order valence-corrected chi connectivity index (χ1v) is 24.4. The molecule has 0 aromatic rings. The summed E-state index contributed by atoms with van der Waals surface area (Å²) in [7, 11) is 0. The Kier molecular flexibility index (Phi) is 32.1. The number of carbonyl (C=O) groups is 14. The first-order valence-electron chi connectivity index (χ1n) is 24.4. The van der Waals surface area contributed by atoms with Crippen LogP contribution in [0, 0.1) is 11.8 Å². The van der Waals surface area contributed by atoms with E-state index in [4.69, 9.17) is 27.4 Å². The van der Waals surface area contributed by atoms with Crippen LogP contribution in [0.25, 0.3) is 0 Å². The van der Waals surface area contributed by atoms with Gasteiger partial charge in [0, 0.05) is 25.7 Å². The fraction of sp³-hybridized carbons (Fsp3) is 0.689. The van der Waals surface area contributed by atoms with E-state index in [9.17, 15) is 87.5 Å². The molecule has 76 heavy (non-hydrogen) atoms. The van der Waals surface area contributed by atoms with E-state index in [0.717, 1.165) is 0 Å². The predicted octanol–water partition coefficient (Wildman–Crippen LogP) is -5.18. The third-order valence-electron chi connectivity index (χ3n) is 11.4. The van der Waals surface area contributed by atoms with Crippen molar-refractivity contribution in [1.82, 2.24) is 42.5 Å². The SMILES string of the molecule is CC[C@H](C)[C@H](NC(=O)[C@H](CC(C)C)NC(=O)[C@H](CCCCN)NC(=O)[C@H](CCC(N)=O)NC(=O)[C@@H](N)CCC(=O)O)C(=O)N[C@@H](CO)C(=O)N[C@@H](CCC(=O)O)C(=O)N[C@@H](CCC(=O)O)C(=O)N[C@@H](CC(=O)O)C(=O)O. The minimum atomic E-state index is -2.03. The maximum atomic E-state index is 14.1. The molecule has 0 spiro atoms. The van der Waals surface area contributed by atoms with Crippen molar-refractivity contribution in [1.29, 1.82) is 0 Å². The molecule has 0 fully saturated rings. The molecular formula is C45H75N11O20. The van der Waals surface area contributed by atoms with E-state index < -0.39 is 195 Å². The maximum absolute atomic E-state index is 14.1. The van der Waals surface area contributed by atoms with Gasteiger partial charge in [-0.2, -0.15) is 0 Å². The molecule has 0 aliphatic rings. The Balaban J connectivity index is 6.67. The Hall–Kier alpha value is -7.54. The van der Waals surface area contributed by atoms with Crippen molar-refractivity contribution in [3.8, 4) is 0 Å². The molecule has 31 nitrogen and oxygen atoms in total. The average molecular weight is 1090 g/mol. The lowest BCUT2D eigenvalue weighted by molar-refractivity contribution is -0.147. The van der Waals surface area contributed by atoms with Crippen LogP contribution in [0.1, 0.15) is 118 Å². The quantitative estimate of drug-likeness (QED) is 0.0255. The largest absolute Gasteiger partial charge is 0.481 e. The molecule has 0 bridgehead atoms. The highest BCUT2D eigenvalue weighted by atomic mass is 16.4. The Morgan fingerprint density at radius 3 is 1.22 bits per heavy atom. The molecule has 0 saturated heterocycles. The summed E-state index contributed by atoms with van der Waals surface area (Å²) in [4.78, 5) is 177. The topological polar surface area (TPSA) is 535 Å². The van der Waals surface area contributed by atoms with Crippen LogP contribution in [0.4, 0.5) is 0 Å². The fourth-order valence-corrected chi connectivity index (χ4v) is 6.93. The van der Waals surface area contributed by atoms with Gasteiger partial charge in [0.2, 0.25) is 53.2 Å². The molecule has 0 rings (SSSR count). The number of aliphatic carboxylic acids is 5. The summed E-state index contributed by atoms with van der Waals surface area (Å²) in [6, 6.07) is -14.9. The summed E-state index contributed by atoms with van der Waals surface area (Å²) in [6.07, 6.45) is -4.89. The number of hydrogen-bond donors (Lipinski definition) is 17. The number of hydrogen-bond acceptors (Lipinski definition) is 17. The number of amides is 9. The van der Waals surface area contributed by atoms with Gasteiger partial charge in [-0.3, -0.25) is 62.3 Å². The Morgan fingerprint density at radius 2 is 0.829 bits per heavy atom. The zero-order chi connectivity index (χ0) is 58.4. The molecule has 31 heteroatoms. The van der Waals surface area contributed by atoms with Crippen molar-refractivity contribution < 1.29 is 97.8 Å². The van der Waals surface area contributed by atoms with Gasteiger partial charge >= 0.3 is 29.8 Å². The number of primary amides is 1. The number of unbranched alkanes of at least 4 members (excludes halogenated alkanes) is 1. The summed E-state index contributed by atoms with van der Waals surface area (Å²) in [6.45, 7) is 5.61. The zero-order valence-corrected chi connectivity index (χ0v) is 42.8. The van der Waals surface area contributed by atoms with Gasteiger partial charge in [0.05, 0.1) is 19.1 Å². The minimum Gasteiger partial charge on any atom is -0.481 e. The minimum absolute atomic E-state index is 0.0514. The van der Waals surface area contributed by atoms with Gasteiger partial charge in [0.15, 0.2) is 0 Å². The van der Waals surface area contributed by atoms with Crippen molar-refractivity contribution in [3.05, 3.63) is 0 Å². The standard InChI is InChI=1S/C45H75N11O20/c1-5-22(4)36(44(74)55-30(20-57)43(73)52-26(11-15-33(61)62)40(70)51-27(12-16-34(63)64)41(71)54-29(45(75)76)19-35(65)66)56-42(72)28(18-21(2)3)53-38(68)24(8-6-7-17-46)50-39(69)25(10-13-31(48)58)49-37(67)23(47)9-14-32(59)60/h21-30,36,57H,5-20,46-47H2,1-4H3,(H2,48,58)(H,49,67)(H,50,69)(H,51,70)(H,52,73)(H,53,68)(H,54,71)(H,55,74)(H,56,72)(H,59,60)(H,61,62)(H,63,64)(H,65,66)(H,75,76)/t22-,23-,24-,25-,26-,27-,28-,29-,30-,36-/m0/s1. The number of carbonyl (C=O) groups excluding carboxylic acids is 9. The van der Waals surface area contributed by atoms with Crippen molar-refractivity contribution >= 4 is 83.0 Å². The van der Waals surface area contributed by atoms with E-state index in [-0.39, 0.29) is 51.0 Å². The van der Waals surface area contributed by atoms with Crippen molar-refractivity contribution in [3.63, 3.8) is 0 Å². The number of rotatable bonds is 40. The van der Waals surface area contributed by atoms with E-state index in [1.54, 1.807) is 20.8 Å². The molecule has 20 N–H and O–H groups in total. The Labute approximate surface area is 436 Å². The van der Waals surface area contributed by atoms with Crippen LogP contribution in [0.2, 0.25) is 0 Å². The second-order valence-corrected chi connectivity index (χ2v) is 18.2. The number of aliphatic hydroxyl groups excluding tert-OH is 1. The summed E-state index contributed by atoms with van der Waals surface area (Å²) >= 11 is 0. The molecule has 0 heterocycles. The average Bonchev–Trinajstić information content (AvgIpc) is 3.33. The summed E-state index contributed by atoms with van der Waals surface area (Å²) < 4.78 is 0. The molecule has 0 radical (unpaired) electrons. The smallest absolute Gasteiger partial charge is 0.326 e. The van der Waals surface area contributed by atoms with Gasteiger partial charge in [-0.25, -0.2) is 4.79 Å². The van der Waals surface area contributed by atoms with Gasteiger partial charge in [0.25, 0.3) is 0 Å². The van der Waals surface area contributed by atoms with E-state index >= 15 is 0 Å². The molecule has 0 aliphatic heterocycles. The predicted molar refractivity (Wildman–Crippen MR) is 261 cm³/mol. The van der Waals surface area contributed by atoms with Crippen molar-refractivity contribution in [2.45, 2.75) is 172 Å². The highest BCUT2D eigenvalue weighted by Gasteiger charge is 2.37. The van der Waals surface area contributed by atoms with E-state index in [1.165, 1.54) is 6.92 Å². The Bertz CT molecular complexity index is 2060. The number of nitrogens with one attached hydrogen (secondary N) is 8. The lowest BCUT2D eigenvalue weighted by atomic mass is 9.96. The van der Waals surface area contributed by atoms with E-state index in [1.807, 2.05) is 5.32 Å². The highest BCUT2D eigenvalue weighted by molar-refractivity contribution is 5.98. The second kappa shape index (κ2) is 35.6. The van der Waals surface area contributed by atoms with Gasteiger partial charge in [-0.05, 0) is 69.7 Å². The van der Waals surface area contributed by atoms with Crippen molar-refractivity contribution in [2.24, 2.45) is 29.0 Å². The molecule has 0 saturated carbocycles. The van der Waals surface area contributed by atoms with Crippen LogP contribution < -0.4 is 59.7 Å². The first kappa shape index (κ1) is 68.5. The van der Waals surface area contributed by atoms with Crippen LogP contribution in [-0.4, -0.2) is 181 Å². The zero-order valence-electron chi connectivity index (χ0n) is 42.8. The van der Waals surface area contributed by atoms with Crippen LogP contribution in [-0.2, 0) is 67.1 Å². The van der Waals surface area contributed by atoms with Crippen LogP contribution in [0.3, 0.4) is 0 Å².